The first-order chi connectivity index (χ1) is 6.86. The lowest BCUT2D eigenvalue weighted by atomic mass is 10.2. The van der Waals surface area contributed by atoms with E-state index in [1.807, 2.05) is 0 Å². The minimum atomic E-state index is -0.994. The van der Waals surface area contributed by atoms with Crippen LogP contribution in [0, 0.1) is 20.2 Å². The van der Waals surface area contributed by atoms with E-state index in [4.69, 9.17) is 0 Å². The molecule has 0 aliphatic carbocycles. The van der Waals surface area contributed by atoms with Gasteiger partial charge in [-0.3, -0.25) is 20.2 Å². The Morgan fingerprint density at radius 3 is 1.67 bits per heavy atom. The highest BCUT2D eigenvalue weighted by atomic mass is 79.9. The van der Waals surface area contributed by atoms with Crippen molar-refractivity contribution >= 4 is 27.3 Å². The van der Waals surface area contributed by atoms with Crippen molar-refractivity contribution in [2.24, 2.45) is 0 Å². The van der Waals surface area contributed by atoms with Crippen LogP contribution in [0.3, 0.4) is 0 Å². The Bertz CT molecular complexity index is 421. The van der Waals surface area contributed by atoms with Crippen molar-refractivity contribution in [3.05, 3.63) is 30.8 Å². The van der Waals surface area contributed by atoms with Crippen molar-refractivity contribution in [3.8, 4) is 11.5 Å². The third kappa shape index (κ3) is 1.81. The van der Waals surface area contributed by atoms with Gasteiger partial charge in [-0.05, 0) is 15.9 Å². The number of aromatic hydroxyl groups is 2. The van der Waals surface area contributed by atoms with Crippen LogP contribution in [0.1, 0.15) is 0 Å². The van der Waals surface area contributed by atoms with Gasteiger partial charge in [-0.15, -0.1) is 0 Å². The first kappa shape index (κ1) is 11.2. The number of nitro benzene ring substituents is 2. The molecule has 80 valence electrons. The van der Waals surface area contributed by atoms with Crippen LogP contribution in [0.4, 0.5) is 11.4 Å². The van der Waals surface area contributed by atoms with Gasteiger partial charge in [0.15, 0.2) is 0 Å². The zero-order valence-electron chi connectivity index (χ0n) is 6.88. The maximum Gasteiger partial charge on any atom is 0.319 e. The highest BCUT2D eigenvalue weighted by molar-refractivity contribution is 9.10. The lowest BCUT2D eigenvalue weighted by Crippen LogP contribution is -1.94. The number of phenolic OH excluding ortho intramolecular Hbond substituents is 2. The van der Waals surface area contributed by atoms with Gasteiger partial charge in [0.2, 0.25) is 11.5 Å². The van der Waals surface area contributed by atoms with Crippen LogP contribution >= 0.6 is 15.9 Å². The summed E-state index contributed by atoms with van der Waals surface area (Å²) in [7, 11) is 0. The molecule has 2 N–H and O–H groups in total. The van der Waals surface area contributed by atoms with E-state index >= 15 is 0 Å². The lowest BCUT2D eigenvalue weighted by molar-refractivity contribution is -0.395. The van der Waals surface area contributed by atoms with Gasteiger partial charge in [-0.1, -0.05) is 0 Å². The molecular weight excluding hydrogens is 276 g/mol. The zero-order valence-corrected chi connectivity index (χ0v) is 8.46. The van der Waals surface area contributed by atoms with Gasteiger partial charge in [0.05, 0.1) is 9.85 Å². The monoisotopic (exact) mass is 278 g/mol. The highest BCUT2D eigenvalue weighted by Crippen LogP contribution is 2.45. The predicted molar refractivity (Wildman–Crippen MR) is 50.8 cm³/mol. The van der Waals surface area contributed by atoms with Crippen LogP contribution < -0.4 is 0 Å². The topological polar surface area (TPSA) is 127 Å². The van der Waals surface area contributed by atoms with Crippen LogP contribution in [-0.2, 0) is 0 Å². The molecule has 0 bridgehead atoms. The number of halogens is 1. The van der Waals surface area contributed by atoms with Crippen LogP contribution in [0.25, 0.3) is 0 Å². The highest BCUT2D eigenvalue weighted by Gasteiger charge is 2.28. The van der Waals surface area contributed by atoms with Gasteiger partial charge in [0.25, 0.3) is 0 Å². The molecule has 0 saturated heterocycles. The van der Waals surface area contributed by atoms with Gasteiger partial charge < -0.3 is 10.2 Å². The molecule has 0 amide bonds. The Hall–Kier alpha value is -1.90. The smallest absolute Gasteiger partial charge is 0.319 e. The predicted octanol–water partition coefficient (Wildman–Crippen LogP) is 1.68. The Labute approximate surface area is 90.2 Å². The lowest BCUT2D eigenvalue weighted by Gasteiger charge is -2.01. The maximum atomic E-state index is 10.4. The summed E-state index contributed by atoms with van der Waals surface area (Å²) in [5, 5.41) is 39.1. The molecule has 9 heteroatoms. The average molecular weight is 279 g/mol. The molecule has 0 aliphatic rings. The quantitative estimate of drug-likeness (QED) is 0.626. The van der Waals surface area contributed by atoms with Crippen molar-refractivity contribution in [3.63, 3.8) is 0 Å². The van der Waals surface area contributed by atoms with E-state index in [1.165, 1.54) is 0 Å². The SMILES string of the molecule is O=[N+]([O-])c1cc([N+](=O)[O-])c(O)c(Br)c1O. The normalized spacial score (nSPS) is 9.93. The average Bonchev–Trinajstić information content (AvgIpc) is 2.13. The first-order valence-electron chi connectivity index (χ1n) is 3.39. The maximum absolute atomic E-state index is 10.4. The summed E-state index contributed by atoms with van der Waals surface area (Å²) >= 11 is 2.61. The van der Waals surface area contributed by atoms with Gasteiger partial charge in [0.1, 0.15) is 10.5 Å². The van der Waals surface area contributed by atoms with Crippen LogP contribution in [-0.4, -0.2) is 20.1 Å². The number of phenols is 2. The minimum absolute atomic E-state index is 0.482. The molecule has 0 spiro atoms. The summed E-state index contributed by atoms with van der Waals surface area (Å²) in [6.07, 6.45) is 0. The van der Waals surface area contributed by atoms with Crippen LogP contribution in [0.15, 0.2) is 10.5 Å². The zero-order chi connectivity index (χ0) is 11.7. The number of hydrogen-bond acceptors (Lipinski definition) is 6. The van der Waals surface area contributed by atoms with Gasteiger partial charge in [-0.2, -0.15) is 0 Å². The summed E-state index contributed by atoms with van der Waals surface area (Å²) in [6.45, 7) is 0. The molecule has 0 saturated carbocycles. The molecule has 8 nitrogen and oxygen atoms in total. The number of nitro groups is 2. The summed E-state index contributed by atoms with van der Waals surface area (Å²) in [6, 6.07) is 0.482. The van der Waals surface area contributed by atoms with Crippen molar-refractivity contribution < 1.29 is 20.1 Å². The van der Waals surface area contributed by atoms with E-state index in [1.54, 1.807) is 0 Å². The first-order valence-corrected chi connectivity index (χ1v) is 4.18. The molecule has 1 aromatic carbocycles. The third-order valence-corrected chi connectivity index (χ3v) is 2.32. The summed E-state index contributed by atoms with van der Waals surface area (Å²) in [5.41, 5.74) is -1.71. The van der Waals surface area contributed by atoms with Crippen molar-refractivity contribution in [2.45, 2.75) is 0 Å². The number of hydrogen-bond donors (Lipinski definition) is 2. The Morgan fingerprint density at radius 1 is 1.07 bits per heavy atom. The van der Waals surface area contributed by atoms with Crippen LogP contribution in [0.5, 0.6) is 11.5 Å². The number of benzene rings is 1. The molecule has 0 fully saturated rings. The fourth-order valence-corrected chi connectivity index (χ4v) is 1.29. The van der Waals surface area contributed by atoms with Gasteiger partial charge in [-0.25, -0.2) is 0 Å². The molecule has 15 heavy (non-hydrogen) atoms. The van der Waals surface area contributed by atoms with E-state index in [0.29, 0.717) is 6.07 Å². The van der Waals surface area contributed by atoms with E-state index < -0.39 is 37.2 Å². The molecule has 0 aliphatic heterocycles. The summed E-state index contributed by atoms with van der Waals surface area (Å²) in [4.78, 5) is 18.8. The molecule has 0 aromatic heterocycles. The second-order valence-corrected chi connectivity index (χ2v) is 3.23. The molecule has 1 rings (SSSR count). The van der Waals surface area contributed by atoms with E-state index in [2.05, 4.69) is 15.9 Å². The summed E-state index contributed by atoms with van der Waals surface area (Å²) < 4.78 is -0.483. The third-order valence-electron chi connectivity index (χ3n) is 1.57. The van der Waals surface area contributed by atoms with E-state index in [9.17, 15) is 30.4 Å². The van der Waals surface area contributed by atoms with E-state index in [0.717, 1.165) is 0 Å². The molecule has 1 aromatic rings. The minimum Gasteiger partial charge on any atom is -0.501 e. The van der Waals surface area contributed by atoms with Crippen molar-refractivity contribution in [1.29, 1.82) is 0 Å². The second-order valence-electron chi connectivity index (χ2n) is 2.44. The Balaban J connectivity index is 3.59. The van der Waals surface area contributed by atoms with Crippen molar-refractivity contribution in [1.82, 2.24) is 0 Å². The van der Waals surface area contributed by atoms with E-state index in [-0.39, 0.29) is 0 Å². The largest absolute Gasteiger partial charge is 0.501 e. The fourth-order valence-electron chi connectivity index (χ4n) is 0.882. The fraction of sp³-hybridized carbons (Fsp3) is 0. The molecule has 0 unspecified atom stereocenters. The molecular formula is C6H3BrN2O6. The van der Waals surface area contributed by atoms with Crippen LogP contribution in [0.2, 0.25) is 0 Å². The van der Waals surface area contributed by atoms with Gasteiger partial charge >= 0.3 is 11.4 Å². The van der Waals surface area contributed by atoms with Gasteiger partial charge in [0, 0.05) is 0 Å². The Kier molecular flexibility index (Phi) is 2.75. The summed E-state index contributed by atoms with van der Waals surface area (Å²) in [5.74, 6) is -1.72. The molecule has 0 radical (unpaired) electrons. The standard InChI is InChI=1S/C6H3BrN2O6/c7-4-5(10)2(8(12)13)1-3(6(4)11)9(14)15/h1,10-11H. The van der Waals surface area contributed by atoms with Crippen molar-refractivity contribution in [2.75, 3.05) is 0 Å². The number of nitrogens with zero attached hydrogens (tertiary/aromatic N) is 2. The molecule has 0 atom stereocenters. The second kappa shape index (κ2) is 3.69. The Morgan fingerprint density at radius 2 is 1.40 bits per heavy atom. The number of rotatable bonds is 2. The molecule has 0 heterocycles.